The maximum Gasteiger partial charge on any atom is 0.266 e. The van der Waals surface area contributed by atoms with E-state index in [4.69, 9.17) is 16.3 Å². The van der Waals surface area contributed by atoms with Crippen LogP contribution in [0.4, 0.5) is 5.69 Å². The van der Waals surface area contributed by atoms with Crippen LogP contribution < -0.4 is 10.1 Å². The van der Waals surface area contributed by atoms with Gasteiger partial charge in [-0.25, -0.2) is 0 Å². The minimum atomic E-state index is -0.526. The van der Waals surface area contributed by atoms with Gasteiger partial charge >= 0.3 is 0 Å². The van der Waals surface area contributed by atoms with Gasteiger partial charge in [0.15, 0.2) is 0 Å². The van der Waals surface area contributed by atoms with Crippen molar-refractivity contribution in [3.8, 4) is 11.8 Å². The third kappa shape index (κ3) is 6.33. The first kappa shape index (κ1) is 23.3. The Kier molecular flexibility index (Phi) is 8.13. The van der Waals surface area contributed by atoms with Crippen LogP contribution in [0.3, 0.4) is 0 Å². The van der Waals surface area contributed by atoms with Crippen LogP contribution in [0, 0.1) is 21.8 Å². The number of halogens is 3. The molecule has 3 aromatic rings. The fraction of sp³-hybridized carbons (Fsp3) is 0.0833. The number of nitrogens with one attached hydrogen (secondary N) is 1. The molecule has 0 unspecified atom stereocenters. The third-order valence-corrected chi connectivity index (χ3v) is 6.00. The molecule has 0 atom stereocenters. The first-order valence-corrected chi connectivity index (χ1v) is 11.5. The van der Waals surface area contributed by atoms with Gasteiger partial charge < -0.3 is 10.1 Å². The molecule has 0 aliphatic carbocycles. The summed E-state index contributed by atoms with van der Waals surface area (Å²) >= 11 is 11.8. The zero-order valence-corrected chi connectivity index (χ0v) is 21.0. The fourth-order valence-electron chi connectivity index (χ4n) is 2.83. The van der Waals surface area contributed by atoms with Crippen LogP contribution >= 0.6 is 50.1 Å². The summed E-state index contributed by atoms with van der Waals surface area (Å²) in [6, 6.07) is 20.6. The highest BCUT2D eigenvalue weighted by molar-refractivity contribution is 14.1. The van der Waals surface area contributed by atoms with E-state index in [0.717, 1.165) is 13.6 Å². The van der Waals surface area contributed by atoms with Crippen molar-refractivity contribution in [1.82, 2.24) is 0 Å². The molecular formula is C24H17BrClIN2O2. The first-order valence-electron chi connectivity index (χ1n) is 9.22. The molecule has 0 saturated carbocycles. The summed E-state index contributed by atoms with van der Waals surface area (Å²) in [6.45, 7) is 2.48. The Balaban J connectivity index is 1.78. The Morgan fingerprint density at radius 2 is 2.00 bits per heavy atom. The molecule has 3 aromatic carbocycles. The lowest BCUT2D eigenvalue weighted by Gasteiger charge is -2.12. The van der Waals surface area contributed by atoms with E-state index in [1.165, 1.54) is 11.6 Å². The number of nitrogens with zero attached hydrogens (tertiary/aromatic N) is 1. The van der Waals surface area contributed by atoms with Crippen molar-refractivity contribution in [3.63, 3.8) is 0 Å². The number of rotatable bonds is 6. The highest BCUT2D eigenvalue weighted by atomic mass is 127. The minimum absolute atomic E-state index is 0.0314. The largest absolute Gasteiger partial charge is 0.487 e. The molecular weight excluding hydrogens is 591 g/mol. The van der Waals surface area contributed by atoms with Gasteiger partial charge in [0.1, 0.15) is 24.0 Å². The van der Waals surface area contributed by atoms with E-state index in [2.05, 4.69) is 49.9 Å². The fourth-order valence-corrected chi connectivity index (χ4v) is 4.78. The monoisotopic (exact) mass is 606 g/mol. The minimum Gasteiger partial charge on any atom is -0.487 e. The number of anilines is 1. The SMILES string of the molecule is Cc1cccc(COc2c(Br)cc(/C=C(\C#N)C(=O)Nc3ccccc3Cl)cc2I)c1. The zero-order valence-electron chi connectivity index (χ0n) is 16.5. The predicted octanol–water partition coefficient (Wildman–Crippen LogP) is 7.14. The van der Waals surface area contributed by atoms with E-state index in [0.29, 0.717) is 28.6 Å². The Hall–Kier alpha value is -2.34. The van der Waals surface area contributed by atoms with Gasteiger partial charge in [-0.15, -0.1) is 0 Å². The number of para-hydroxylation sites is 1. The number of amides is 1. The molecule has 0 bridgehead atoms. The number of nitriles is 1. The van der Waals surface area contributed by atoms with Gasteiger partial charge in [-0.1, -0.05) is 53.6 Å². The summed E-state index contributed by atoms with van der Waals surface area (Å²) in [5.74, 6) is 0.180. The molecule has 0 spiro atoms. The van der Waals surface area contributed by atoms with Gasteiger partial charge in [-0.2, -0.15) is 5.26 Å². The number of carbonyl (C=O) groups is 1. The molecule has 0 aliphatic heterocycles. The summed E-state index contributed by atoms with van der Waals surface area (Å²) in [6.07, 6.45) is 1.53. The number of hydrogen-bond acceptors (Lipinski definition) is 3. The highest BCUT2D eigenvalue weighted by Gasteiger charge is 2.13. The lowest BCUT2D eigenvalue weighted by Crippen LogP contribution is -2.13. The molecule has 0 saturated heterocycles. The van der Waals surface area contributed by atoms with Crippen molar-refractivity contribution in [2.24, 2.45) is 0 Å². The molecule has 1 N–H and O–H groups in total. The Morgan fingerprint density at radius 1 is 1.23 bits per heavy atom. The van der Waals surface area contributed by atoms with Crippen molar-refractivity contribution in [1.29, 1.82) is 5.26 Å². The Labute approximate surface area is 208 Å². The van der Waals surface area contributed by atoms with Crippen molar-refractivity contribution >= 4 is 67.8 Å². The average Bonchev–Trinajstić information content (AvgIpc) is 2.73. The summed E-state index contributed by atoms with van der Waals surface area (Å²) in [5, 5.41) is 12.5. The van der Waals surface area contributed by atoms with Gasteiger partial charge in [-0.3, -0.25) is 4.79 Å². The van der Waals surface area contributed by atoms with E-state index >= 15 is 0 Å². The summed E-state index contributed by atoms with van der Waals surface area (Å²) in [4.78, 5) is 12.5. The molecule has 7 heteroatoms. The van der Waals surface area contributed by atoms with Crippen LogP contribution in [0.2, 0.25) is 5.02 Å². The quantitative estimate of drug-likeness (QED) is 0.184. The molecule has 0 aliphatic rings. The number of ether oxygens (including phenoxy) is 1. The van der Waals surface area contributed by atoms with Crippen molar-refractivity contribution in [3.05, 3.63) is 96.0 Å². The van der Waals surface area contributed by atoms with E-state index in [9.17, 15) is 10.1 Å². The summed E-state index contributed by atoms with van der Waals surface area (Å²) in [7, 11) is 0. The normalized spacial score (nSPS) is 11.0. The molecule has 1 amide bonds. The maximum atomic E-state index is 12.5. The van der Waals surface area contributed by atoms with Crippen LogP contribution in [0.1, 0.15) is 16.7 Å². The standard InChI is InChI=1S/C24H17BrClIN2O2/c1-15-5-4-6-16(9-15)14-31-23-19(25)11-17(12-21(23)27)10-18(13-28)24(30)29-22-8-3-2-7-20(22)26/h2-12H,14H2,1H3,(H,29,30)/b18-10+. The molecule has 31 heavy (non-hydrogen) atoms. The molecule has 0 radical (unpaired) electrons. The third-order valence-electron chi connectivity index (χ3n) is 4.28. The molecule has 0 fully saturated rings. The van der Waals surface area contributed by atoms with E-state index in [1.807, 2.05) is 43.3 Å². The van der Waals surface area contributed by atoms with Crippen LogP contribution in [0.15, 0.2) is 70.7 Å². The lowest BCUT2D eigenvalue weighted by molar-refractivity contribution is -0.112. The zero-order chi connectivity index (χ0) is 22.4. The van der Waals surface area contributed by atoms with Gasteiger partial charge in [-0.05, 0) is 86.9 Å². The van der Waals surface area contributed by atoms with E-state index in [1.54, 1.807) is 24.3 Å². The van der Waals surface area contributed by atoms with E-state index in [-0.39, 0.29) is 5.57 Å². The number of benzene rings is 3. The van der Waals surface area contributed by atoms with Crippen molar-refractivity contribution < 1.29 is 9.53 Å². The van der Waals surface area contributed by atoms with Crippen molar-refractivity contribution in [2.75, 3.05) is 5.32 Å². The van der Waals surface area contributed by atoms with Gasteiger partial charge in [0, 0.05) is 0 Å². The summed E-state index contributed by atoms with van der Waals surface area (Å²) in [5.41, 5.74) is 3.37. The van der Waals surface area contributed by atoms with Crippen molar-refractivity contribution in [2.45, 2.75) is 13.5 Å². The molecule has 156 valence electrons. The van der Waals surface area contributed by atoms with Gasteiger partial charge in [0.2, 0.25) is 0 Å². The Bertz CT molecular complexity index is 1180. The molecule has 0 heterocycles. The smallest absolute Gasteiger partial charge is 0.266 e. The van der Waals surface area contributed by atoms with Gasteiger partial charge in [0.25, 0.3) is 5.91 Å². The first-order chi connectivity index (χ1) is 14.9. The number of carbonyl (C=O) groups excluding carboxylic acids is 1. The van der Waals surface area contributed by atoms with Crippen LogP contribution in [0.25, 0.3) is 6.08 Å². The topological polar surface area (TPSA) is 62.1 Å². The highest BCUT2D eigenvalue weighted by Crippen LogP contribution is 2.33. The van der Waals surface area contributed by atoms with Gasteiger partial charge in [0.05, 0.1) is 18.8 Å². The Morgan fingerprint density at radius 3 is 2.68 bits per heavy atom. The second-order valence-corrected chi connectivity index (χ2v) is 9.12. The van der Waals surface area contributed by atoms with E-state index < -0.39 is 5.91 Å². The maximum absolute atomic E-state index is 12.5. The predicted molar refractivity (Wildman–Crippen MR) is 136 cm³/mol. The molecule has 0 aromatic heterocycles. The summed E-state index contributed by atoms with van der Waals surface area (Å²) < 4.78 is 7.59. The molecule has 3 rings (SSSR count). The number of aryl methyl sites for hydroxylation is 1. The second-order valence-electron chi connectivity index (χ2n) is 6.70. The van der Waals surface area contributed by atoms with Crippen LogP contribution in [0.5, 0.6) is 5.75 Å². The van der Waals surface area contributed by atoms with Crippen LogP contribution in [-0.2, 0) is 11.4 Å². The average molecular weight is 608 g/mol. The van der Waals surface area contributed by atoms with Crippen LogP contribution in [-0.4, -0.2) is 5.91 Å². The second kappa shape index (κ2) is 10.8. The lowest BCUT2D eigenvalue weighted by atomic mass is 10.1. The number of hydrogen-bond donors (Lipinski definition) is 1. The molecule has 4 nitrogen and oxygen atoms in total.